The van der Waals surface area contributed by atoms with Crippen LogP contribution in [0.1, 0.15) is 38.2 Å². The molecule has 1 N–H and O–H groups in total. The molecule has 0 spiro atoms. The topological polar surface area (TPSA) is 15.3 Å². The van der Waals surface area contributed by atoms with E-state index in [1.165, 1.54) is 25.7 Å². The Bertz CT molecular complexity index is 425. The van der Waals surface area contributed by atoms with Crippen LogP contribution in [0.3, 0.4) is 0 Å². The Morgan fingerprint density at radius 1 is 1.28 bits per heavy atom. The molecule has 98 valence electrons. The summed E-state index contributed by atoms with van der Waals surface area (Å²) in [5, 5.41) is 3.42. The van der Waals surface area contributed by atoms with E-state index in [1.807, 2.05) is 6.07 Å². The summed E-state index contributed by atoms with van der Waals surface area (Å²) in [7, 11) is 0. The molecule has 2 aliphatic rings. The van der Waals surface area contributed by atoms with E-state index in [0.717, 1.165) is 24.3 Å². The van der Waals surface area contributed by atoms with E-state index in [2.05, 4.69) is 23.2 Å². The Kier molecular flexibility index (Phi) is 3.25. The van der Waals surface area contributed by atoms with Crippen LogP contribution in [-0.4, -0.2) is 18.6 Å². The summed E-state index contributed by atoms with van der Waals surface area (Å²) in [5.74, 6) is -0.0705. The average molecular weight is 248 g/mol. The molecule has 0 aromatic heterocycles. The van der Waals surface area contributed by atoms with Crippen LogP contribution in [0, 0.1) is 5.82 Å². The molecule has 2 fully saturated rings. The van der Waals surface area contributed by atoms with Crippen LogP contribution in [0.5, 0.6) is 0 Å². The summed E-state index contributed by atoms with van der Waals surface area (Å²) >= 11 is 0. The van der Waals surface area contributed by atoms with Crippen molar-refractivity contribution in [1.29, 1.82) is 0 Å². The van der Waals surface area contributed by atoms with Crippen molar-refractivity contribution in [2.24, 2.45) is 0 Å². The lowest BCUT2D eigenvalue weighted by molar-refractivity contribution is 0.610. The molecule has 0 saturated heterocycles. The van der Waals surface area contributed by atoms with Crippen molar-refractivity contribution in [2.45, 2.75) is 51.2 Å². The van der Waals surface area contributed by atoms with Gasteiger partial charge in [0.1, 0.15) is 5.82 Å². The highest BCUT2D eigenvalue weighted by atomic mass is 19.1. The van der Waals surface area contributed by atoms with Crippen LogP contribution in [0.25, 0.3) is 0 Å². The van der Waals surface area contributed by atoms with E-state index in [4.69, 9.17) is 0 Å². The average Bonchev–Trinajstić information content (AvgIpc) is 3.24. The van der Waals surface area contributed by atoms with E-state index < -0.39 is 0 Å². The normalized spacial score (nSPS) is 19.0. The van der Waals surface area contributed by atoms with Gasteiger partial charge in [-0.15, -0.1) is 0 Å². The second kappa shape index (κ2) is 4.88. The van der Waals surface area contributed by atoms with Gasteiger partial charge in [-0.05, 0) is 50.3 Å². The standard InChI is InChI=1S/C15H21FN2/c1-2-18(13-6-7-13)15-8-3-11(9-14(15)16)10-17-12-4-5-12/h3,8-9,12-13,17H,2,4-7,10H2,1H3. The summed E-state index contributed by atoms with van der Waals surface area (Å²) in [5.41, 5.74) is 1.82. The third-order valence-electron chi connectivity index (χ3n) is 3.82. The SMILES string of the molecule is CCN(c1ccc(CNC2CC2)cc1F)C1CC1. The lowest BCUT2D eigenvalue weighted by Crippen LogP contribution is -2.26. The number of nitrogens with one attached hydrogen (secondary N) is 1. The molecule has 1 aromatic rings. The zero-order valence-electron chi connectivity index (χ0n) is 11.0. The Labute approximate surface area is 108 Å². The van der Waals surface area contributed by atoms with Crippen LogP contribution >= 0.6 is 0 Å². The van der Waals surface area contributed by atoms with E-state index >= 15 is 0 Å². The third-order valence-corrected chi connectivity index (χ3v) is 3.82. The van der Waals surface area contributed by atoms with Gasteiger partial charge in [-0.25, -0.2) is 4.39 Å². The zero-order chi connectivity index (χ0) is 12.5. The molecule has 0 amide bonds. The van der Waals surface area contributed by atoms with Gasteiger partial charge in [0, 0.05) is 25.2 Å². The van der Waals surface area contributed by atoms with Crippen LogP contribution in [0.4, 0.5) is 10.1 Å². The largest absolute Gasteiger partial charge is 0.366 e. The lowest BCUT2D eigenvalue weighted by Gasteiger charge is -2.23. The van der Waals surface area contributed by atoms with Gasteiger partial charge in [-0.2, -0.15) is 0 Å². The van der Waals surface area contributed by atoms with Crippen molar-refractivity contribution in [2.75, 3.05) is 11.4 Å². The Hall–Kier alpha value is -1.09. The van der Waals surface area contributed by atoms with Gasteiger partial charge in [0.15, 0.2) is 0 Å². The first-order valence-electron chi connectivity index (χ1n) is 7.06. The van der Waals surface area contributed by atoms with Crippen LogP contribution < -0.4 is 10.2 Å². The molecule has 0 radical (unpaired) electrons. The van der Waals surface area contributed by atoms with Crippen molar-refractivity contribution < 1.29 is 4.39 Å². The second-order valence-corrected chi connectivity index (χ2v) is 5.46. The number of benzene rings is 1. The smallest absolute Gasteiger partial charge is 0.146 e. The van der Waals surface area contributed by atoms with Crippen molar-refractivity contribution in [1.82, 2.24) is 5.32 Å². The van der Waals surface area contributed by atoms with Crippen molar-refractivity contribution in [3.05, 3.63) is 29.6 Å². The zero-order valence-corrected chi connectivity index (χ0v) is 11.0. The summed E-state index contributed by atoms with van der Waals surface area (Å²) < 4.78 is 14.1. The van der Waals surface area contributed by atoms with Gasteiger partial charge >= 0.3 is 0 Å². The molecule has 18 heavy (non-hydrogen) atoms. The van der Waals surface area contributed by atoms with Crippen molar-refractivity contribution in [3.63, 3.8) is 0 Å². The molecule has 2 nitrogen and oxygen atoms in total. The molecule has 2 saturated carbocycles. The summed E-state index contributed by atoms with van der Waals surface area (Å²) in [6, 6.07) is 6.93. The second-order valence-electron chi connectivity index (χ2n) is 5.46. The van der Waals surface area contributed by atoms with Crippen molar-refractivity contribution in [3.8, 4) is 0 Å². The Morgan fingerprint density at radius 3 is 2.61 bits per heavy atom. The van der Waals surface area contributed by atoms with Crippen LogP contribution in [0.15, 0.2) is 18.2 Å². The lowest BCUT2D eigenvalue weighted by atomic mass is 10.1. The minimum absolute atomic E-state index is 0.0705. The fraction of sp³-hybridized carbons (Fsp3) is 0.600. The van der Waals surface area contributed by atoms with Crippen LogP contribution in [-0.2, 0) is 6.54 Å². The molecular formula is C15H21FN2. The van der Waals surface area contributed by atoms with Crippen LogP contribution in [0.2, 0.25) is 0 Å². The molecule has 0 aliphatic heterocycles. The molecule has 2 aliphatic carbocycles. The fourth-order valence-electron chi connectivity index (χ4n) is 2.45. The number of hydrogen-bond donors (Lipinski definition) is 1. The van der Waals surface area contributed by atoms with E-state index in [-0.39, 0.29) is 5.82 Å². The predicted octanol–water partition coefficient (Wildman–Crippen LogP) is 3.07. The highest BCUT2D eigenvalue weighted by Crippen LogP contribution is 2.33. The number of anilines is 1. The Balaban J connectivity index is 1.70. The Morgan fingerprint density at radius 2 is 2.06 bits per heavy atom. The van der Waals surface area contributed by atoms with E-state index in [9.17, 15) is 4.39 Å². The van der Waals surface area contributed by atoms with Gasteiger partial charge in [-0.1, -0.05) is 6.07 Å². The summed E-state index contributed by atoms with van der Waals surface area (Å²) in [6.07, 6.45) is 4.95. The molecular weight excluding hydrogens is 227 g/mol. The minimum Gasteiger partial charge on any atom is -0.366 e. The van der Waals surface area contributed by atoms with Gasteiger partial charge < -0.3 is 10.2 Å². The maximum atomic E-state index is 14.1. The van der Waals surface area contributed by atoms with E-state index in [1.54, 1.807) is 6.07 Å². The first-order chi connectivity index (χ1) is 8.78. The maximum absolute atomic E-state index is 14.1. The highest BCUT2D eigenvalue weighted by Gasteiger charge is 2.29. The minimum atomic E-state index is -0.0705. The van der Waals surface area contributed by atoms with E-state index in [0.29, 0.717) is 12.1 Å². The van der Waals surface area contributed by atoms with Gasteiger partial charge in [0.2, 0.25) is 0 Å². The number of hydrogen-bond acceptors (Lipinski definition) is 2. The summed E-state index contributed by atoms with van der Waals surface area (Å²) in [4.78, 5) is 2.19. The summed E-state index contributed by atoms with van der Waals surface area (Å²) in [6.45, 7) is 3.78. The van der Waals surface area contributed by atoms with Gasteiger partial charge in [0.25, 0.3) is 0 Å². The molecule has 0 atom stereocenters. The van der Waals surface area contributed by atoms with Gasteiger partial charge in [0.05, 0.1) is 5.69 Å². The predicted molar refractivity (Wildman–Crippen MR) is 72.3 cm³/mol. The molecule has 1 aromatic carbocycles. The first-order valence-corrected chi connectivity index (χ1v) is 7.06. The number of halogens is 1. The highest BCUT2D eigenvalue weighted by molar-refractivity contribution is 5.51. The quantitative estimate of drug-likeness (QED) is 0.832. The third kappa shape index (κ3) is 2.66. The fourth-order valence-corrected chi connectivity index (χ4v) is 2.45. The molecule has 0 unspecified atom stereocenters. The molecule has 0 heterocycles. The monoisotopic (exact) mass is 248 g/mol. The molecule has 3 rings (SSSR count). The van der Waals surface area contributed by atoms with Crippen molar-refractivity contribution >= 4 is 5.69 Å². The number of nitrogens with zero attached hydrogens (tertiary/aromatic N) is 1. The molecule has 3 heteroatoms. The molecule has 0 bridgehead atoms. The maximum Gasteiger partial charge on any atom is 0.146 e. The first kappa shape index (κ1) is 12.0. The number of rotatable bonds is 6. The van der Waals surface area contributed by atoms with Gasteiger partial charge in [-0.3, -0.25) is 0 Å².